The van der Waals surface area contributed by atoms with Crippen molar-refractivity contribution < 1.29 is 23.1 Å². The van der Waals surface area contributed by atoms with Crippen LogP contribution in [0.15, 0.2) is 42.7 Å². The predicted octanol–water partition coefficient (Wildman–Crippen LogP) is 3.24. The second-order valence-corrected chi connectivity index (χ2v) is 8.90. The Morgan fingerprint density at radius 1 is 1.06 bits per heavy atom. The predicted molar refractivity (Wildman–Crippen MR) is 122 cm³/mol. The lowest BCUT2D eigenvalue weighted by molar-refractivity contribution is -0.136. The summed E-state index contributed by atoms with van der Waals surface area (Å²) in [6.45, 7) is 2.67. The van der Waals surface area contributed by atoms with Crippen LogP contribution in [0.3, 0.4) is 0 Å². The molecule has 4 rings (SSSR count). The highest BCUT2D eigenvalue weighted by molar-refractivity contribution is 6.07. The first-order valence-corrected chi connectivity index (χ1v) is 11.6. The van der Waals surface area contributed by atoms with E-state index in [0.29, 0.717) is 64.2 Å². The number of hydrogen-bond donors (Lipinski definition) is 0. The van der Waals surface area contributed by atoms with E-state index in [4.69, 9.17) is 4.74 Å². The maximum atomic E-state index is 13.6. The van der Waals surface area contributed by atoms with Crippen LogP contribution >= 0.6 is 0 Å². The highest BCUT2D eigenvalue weighted by Gasteiger charge is 2.57. The van der Waals surface area contributed by atoms with Gasteiger partial charge in [-0.2, -0.15) is 0 Å². The van der Waals surface area contributed by atoms with Crippen molar-refractivity contribution in [3.8, 4) is 0 Å². The van der Waals surface area contributed by atoms with Crippen LogP contribution in [-0.4, -0.2) is 77.1 Å². The fourth-order valence-corrected chi connectivity index (χ4v) is 4.92. The molecular weight excluding hydrogens is 442 g/mol. The van der Waals surface area contributed by atoms with E-state index in [9.17, 15) is 18.4 Å². The summed E-state index contributed by atoms with van der Waals surface area (Å²) in [5.74, 6) is -1.88. The first-order valence-electron chi connectivity index (χ1n) is 11.6. The smallest absolute Gasteiger partial charge is 0.327 e. The Balaban J connectivity index is 1.42. The van der Waals surface area contributed by atoms with Crippen molar-refractivity contribution in [3.63, 3.8) is 0 Å². The highest BCUT2D eigenvalue weighted by atomic mass is 19.2. The molecule has 1 aromatic carbocycles. The Bertz CT molecular complexity index is 1010. The molecule has 2 saturated heterocycles. The number of amides is 3. The molecule has 0 unspecified atom stereocenters. The lowest BCUT2D eigenvalue weighted by atomic mass is 9.85. The minimum absolute atomic E-state index is 0.146. The second kappa shape index (κ2) is 10.6. The topological polar surface area (TPSA) is 66.0 Å². The minimum atomic E-state index is -0.880. The zero-order valence-corrected chi connectivity index (χ0v) is 19.4. The molecule has 3 heterocycles. The van der Waals surface area contributed by atoms with Gasteiger partial charge in [0.15, 0.2) is 11.6 Å². The van der Waals surface area contributed by atoms with Crippen LogP contribution < -0.4 is 0 Å². The zero-order valence-electron chi connectivity index (χ0n) is 19.4. The number of aromatic nitrogens is 1. The van der Waals surface area contributed by atoms with Gasteiger partial charge >= 0.3 is 6.03 Å². The molecule has 0 radical (unpaired) electrons. The maximum Gasteiger partial charge on any atom is 0.327 e. The van der Waals surface area contributed by atoms with E-state index in [-0.39, 0.29) is 11.9 Å². The van der Waals surface area contributed by atoms with Crippen molar-refractivity contribution in [2.45, 2.75) is 37.8 Å². The number of likely N-dealkylation sites (tertiary alicyclic amines) is 1. The van der Waals surface area contributed by atoms with Gasteiger partial charge in [-0.05, 0) is 55.0 Å². The molecule has 7 nitrogen and oxygen atoms in total. The van der Waals surface area contributed by atoms with Crippen molar-refractivity contribution in [3.05, 3.63) is 65.5 Å². The summed E-state index contributed by atoms with van der Waals surface area (Å²) in [5.41, 5.74) is 0.865. The summed E-state index contributed by atoms with van der Waals surface area (Å²) in [6.07, 6.45) is 5.89. The molecule has 2 fully saturated rings. The van der Waals surface area contributed by atoms with Crippen LogP contribution in [0.25, 0.3) is 0 Å². The van der Waals surface area contributed by atoms with E-state index in [1.165, 1.54) is 11.0 Å². The Labute approximate surface area is 198 Å². The SMILES string of the molecule is COCCN1C(=O)N(CCCc2cccnc2)C(=O)C12CCN(Cc1ccc(F)c(F)c1)CC2. The second-order valence-electron chi connectivity index (χ2n) is 8.90. The average molecular weight is 473 g/mol. The van der Waals surface area contributed by atoms with Gasteiger partial charge in [-0.25, -0.2) is 13.6 Å². The van der Waals surface area contributed by atoms with Crippen LogP contribution in [0, 0.1) is 11.6 Å². The van der Waals surface area contributed by atoms with Crippen molar-refractivity contribution in [2.24, 2.45) is 0 Å². The summed E-state index contributed by atoms with van der Waals surface area (Å²) in [6, 6.07) is 7.50. The van der Waals surface area contributed by atoms with E-state index in [2.05, 4.69) is 9.88 Å². The molecule has 0 bridgehead atoms. The molecule has 34 heavy (non-hydrogen) atoms. The number of ether oxygens (including phenoxy) is 1. The number of hydrogen-bond acceptors (Lipinski definition) is 5. The van der Waals surface area contributed by atoms with Gasteiger partial charge in [0.25, 0.3) is 5.91 Å². The van der Waals surface area contributed by atoms with Gasteiger partial charge in [0.05, 0.1) is 6.61 Å². The van der Waals surface area contributed by atoms with Gasteiger partial charge in [0, 0.05) is 52.2 Å². The number of methoxy groups -OCH3 is 1. The molecule has 9 heteroatoms. The van der Waals surface area contributed by atoms with Gasteiger partial charge in [-0.15, -0.1) is 0 Å². The number of piperidine rings is 1. The quantitative estimate of drug-likeness (QED) is 0.525. The largest absolute Gasteiger partial charge is 0.383 e. The number of carbonyl (C=O) groups is 2. The first kappa shape index (κ1) is 24.2. The fraction of sp³-hybridized carbons (Fsp3) is 0.480. The van der Waals surface area contributed by atoms with Gasteiger partial charge in [0.2, 0.25) is 0 Å². The Morgan fingerprint density at radius 3 is 2.53 bits per heavy atom. The molecule has 2 aliphatic rings. The van der Waals surface area contributed by atoms with E-state index in [0.717, 1.165) is 18.1 Å². The molecule has 0 atom stereocenters. The lowest BCUT2D eigenvalue weighted by Crippen LogP contribution is -2.57. The molecule has 1 spiro atoms. The number of halogens is 2. The summed E-state index contributed by atoms with van der Waals surface area (Å²) >= 11 is 0. The number of pyridine rings is 1. The molecule has 3 amide bonds. The van der Waals surface area contributed by atoms with E-state index in [1.54, 1.807) is 30.5 Å². The van der Waals surface area contributed by atoms with Crippen molar-refractivity contribution in [2.75, 3.05) is 39.9 Å². The third kappa shape index (κ3) is 4.95. The van der Waals surface area contributed by atoms with Gasteiger partial charge in [0.1, 0.15) is 5.54 Å². The number of rotatable bonds is 9. The number of urea groups is 1. The molecule has 0 saturated carbocycles. The van der Waals surface area contributed by atoms with Gasteiger partial charge in [-0.1, -0.05) is 12.1 Å². The van der Waals surface area contributed by atoms with E-state index in [1.807, 2.05) is 12.1 Å². The summed E-state index contributed by atoms with van der Waals surface area (Å²) in [7, 11) is 1.57. The Hall–Kier alpha value is -2.91. The molecule has 1 aromatic heterocycles. The highest BCUT2D eigenvalue weighted by Crippen LogP contribution is 2.37. The molecule has 0 N–H and O–H groups in total. The number of nitrogens with zero attached hydrogens (tertiary/aromatic N) is 4. The van der Waals surface area contributed by atoms with Crippen LogP contribution in [0.5, 0.6) is 0 Å². The van der Waals surface area contributed by atoms with Gasteiger partial charge in [-0.3, -0.25) is 19.6 Å². The normalized spacial score (nSPS) is 18.3. The number of benzene rings is 1. The van der Waals surface area contributed by atoms with Crippen LogP contribution in [0.2, 0.25) is 0 Å². The summed E-state index contributed by atoms with van der Waals surface area (Å²) in [5, 5.41) is 0. The zero-order chi connectivity index (χ0) is 24.1. The Kier molecular flexibility index (Phi) is 7.53. The van der Waals surface area contributed by atoms with Crippen molar-refractivity contribution >= 4 is 11.9 Å². The minimum Gasteiger partial charge on any atom is -0.383 e. The third-order valence-electron chi connectivity index (χ3n) is 6.78. The maximum absolute atomic E-state index is 13.6. The number of imide groups is 1. The monoisotopic (exact) mass is 472 g/mol. The van der Waals surface area contributed by atoms with Crippen LogP contribution in [0.1, 0.15) is 30.4 Å². The van der Waals surface area contributed by atoms with Crippen molar-refractivity contribution in [1.82, 2.24) is 19.7 Å². The van der Waals surface area contributed by atoms with Crippen LogP contribution in [0.4, 0.5) is 13.6 Å². The molecule has 2 aliphatic heterocycles. The molecule has 182 valence electrons. The van der Waals surface area contributed by atoms with E-state index < -0.39 is 17.2 Å². The lowest BCUT2D eigenvalue weighted by Gasteiger charge is -2.42. The van der Waals surface area contributed by atoms with Crippen molar-refractivity contribution in [1.29, 1.82) is 0 Å². The van der Waals surface area contributed by atoms with Crippen LogP contribution in [-0.2, 0) is 22.5 Å². The van der Waals surface area contributed by atoms with Gasteiger partial charge < -0.3 is 9.64 Å². The fourth-order valence-electron chi connectivity index (χ4n) is 4.92. The average Bonchev–Trinajstić information content (AvgIpc) is 3.03. The van der Waals surface area contributed by atoms with E-state index >= 15 is 0 Å². The molecule has 2 aromatic rings. The molecule has 0 aliphatic carbocycles. The first-order chi connectivity index (χ1) is 16.4. The Morgan fingerprint density at radius 2 is 1.85 bits per heavy atom. The number of aryl methyl sites for hydroxylation is 1. The summed E-state index contributed by atoms with van der Waals surface area (Å²) < 4.78 is 32.0. The summed E-state index contributed by atoms with van der Waals surface area (Å²) in [4.78, 5) is 36.1. The molecular formula is C25H30F2N4O3. The number of carbonyl (C=O) groups excluding carboxylic acids is 2. The standard InChI is InChI=1S/C25H30F2N4O3/c1-34-15-14-31-24(33)30(11-3-5-19-4-2-10-28-17-19)23(32)25(31)8-12-29(13-9-25)18-20-6-7-21(26)22(27)16-20/h2,4,6-7,10,16-17H,3,5,8-9,11-15,18H2,1H3. The third-order valence-corrected chi connectivity index (χ3v) is 6.78.